The van der Waals surface area contributed by atoms with Crippen LogP contribution in [0, 0.1) is 5.92 Å². The molecule has 0 aliphatic rings. The molecule has 138 valence electrons. The van der Waals surface area contributed by atoms with Crippen LogP contribution in [0.4, 0.5) is 0 Å². The van der Waals surface area contributed by atoms with Gasteiger partial charge in [-0.2, -0.15) is 5.10 Å². The zero-order valence-electron chi connectivity index (χ0n) is 15.2. The summed E-state index contributed by atoms with van der Waals surface area (Å²) in [7, 11) is 1.60. The monoisotopic (exact) mass is 366 g/mol. The highest BCUT2D eigenvalue weighted by molar-refractivity contribution is 5.88. The SMILES string of the molecule is CC(C)CC(C)(CN)NC(=O)Cc1nn(C)c(=O)c2ccccc12.Cl. The van der Waals surface area contributed by atoms with Crippen LogP contribution < -0.4 is 16.6 Å². The van der Waals surface area contributed by atoms with E-state index >= 15 is 0 Å². The number of hydrogen-bond donors (Lipinski definition) is 2. The van der Waals surface area contributed by atoms with Crippen molar-refractivity contribution in [1.29, 1.82) is 0 Å². The highest BCUT2D eigenvalue weighted by atomic mass is 35.5. The van der Waals surface area contributed by atoms with Crippen molar-refractivity contribution in [3.05, 3.63) is 40.3 Å². The van der Waals surface area contributed by atoms with Crippen LogP contribution in [0.1, 0.15) is 32.9 Å². The molecule has 1 amide bonds. The fraction of sp³-hybridized carbons (Fsp3) is 0.500. The molecule has 0 fully saturated rings. The zero-order valence-corrected chi connectivity index (χ0v) is 16.0. The summed E-state index contributed by atoms with van der Waals surface area (Å²) >= 11 is 0. The summed E-state index contributed by atoms with van der Waals surface area (Å²) in [6.07, 6.45) is 0.916. The number of fused-ring (bicyclic) bond motifs is 1. The maximum Gasteiger partial charge on any atom is 0.274 e. The molecule has 1 aromatic carbocycles. The Morgan fingerprint density at radius 2 is 1.92 bits per heavy atom. The molecule has 2 rings (SSSR count). The quantitative estimate of drug-likeness (QED) is 0.815. The van der Waals surface area contributed by atoms with Crippen LogP contribution in [0.3, 0.4) is 0 Å². The Kier molecular flexibility index (Phi) is 7.14. The maximum atomic E-state index is 12.5. The maximum absolute atomic E-state index is 12.5. The topological polar surface area (TPSA) is 90.0 Å². The number of nitrogens with two attached hydrogens (primary N) is 1. The van der Waals surface area contributed by atoms with Crippen LogP contribution >= 0.6 is 12.4 Å². The standard InChI is InChI=1S/C18H26N4O2.ClH/c1-12(2)10-18(3,11-19)20-16(23)9-15-13-7-5-6-8-14(13)17(24)22(4)21-15;/h5-8,12H,9-11,19H2,1-4H3,(H,20,23);1H. The number of nitrogens with one attached hydrogen (secondary N) is 1. The largest absolute Gasteiger partial charge is 0.349 e. The van der Waals surface area contributed by atoms with Crippen molar-refractivity contribution in [3.8, 4) is 0 Å². The Balaban J connectivity index is 0.00000312. The molecule has 7 heteroatoms. The molecule has 0 saturated heterocycles. The molecule has 0 saturated carbocycles. The fourth-order valence-corrected chi connectivity index (χ4v) is 3.13. The van der Waals surface area contributed by atoms with Gasteiger partial charge >= 0.3 is 0 Å². The van der Waals surface area contributed by atoms with E-state index < -0.39 is 5.54 Å². The summed E-state index contributed by atoms with van der Waals surface area (Å²) in [6.45, 7) is 6.53. The van der Waals surface area contributed by atoms with E-state index in [2.05, 4.69) is 24.3 Å². The van der Waals surface area contributed by atoms with Crippen molar-refractivity contribution in [2.24, 2.45) is 18.7 Å². The summed E-state index contributed by atoms with van der Waals surface area (Å²) in [4.78, 5) is 24.7. The number of aromatic nitrogens is 2. The van der Waals surface area contributed by atoms with Crippen LogP contribution in [0.15, 0.2) is 29.1 Å². The van der Waals surface area contributed by atoms with Crippen molar-refractivity contribution < 1.29 is 4.79 Å². The molecule has 1 atom stereocenters. The minimum Gasteiger partial charge on any atom is -0.349 e. The predicted molar refractivity (Wildman–Crippen MR) is 103 cm³/mol. The van der Waals surface area contributed by atoms with E-state index in [4.69, 9.17) is 5.73 Å². The second-order valence-corrected chi connectivity index (χ2v) is 7.01. The van der Waals surface area contributed by atoms with Gasteiger partial charge in [0.1, 0.15) is 0 Å². The van der Waals surface area contributed by atoms with E-state index in [1.54, 1.807) is 13.1 Å². The number of aryl methyl sites for hydroxylation is 1. The molecule has 6 nitrogen and oxygen atoms in total. The van der Waals surface area contributed by atoms with Crippen LogP contribution in [0.5, 0.6) is 0 Å². The normalized spacial score (nSPS) is 13.4. The van der Waals surface area contributed by atoms with Crippen LogP contribution in [-0.2, 0) is 18.3 Å². The Bertz CT molecular complexity index is 803. The van der Waals surface area contributed by atoms with E-state index in [-0.39, 0.29) is 30.3 Å². The van der Waals surface area contributed by atoms with Crippen molar-refractivity contribution in [3.63, 3.8) is 0 Å². The number of nitrogens with zero attached hydrogens (tertiary/aromatic N) is 2. The number of amides is 1. The first-order valence-electron chi connectivity index (χ1n) is 8.22. The van der Waals surface area contributed by atoms with Crippen molar-refractivity contribution in [2.75, 3.05) is 6.54 Å². The number of halogens is 1. The van der Waals surface area contributed by atoms with Crippen molar-refractivity contribution in [2.45, 2.75) is 39.2 Å². The van der Waals surface area contributed by atoms with Gasteiger partial charge in [-0.05, 0) is 25.3 Å². The third kappa shape index (κ3) is 5.03. The Morgan fingerprint density at radius 1 is 1.32 bits per heavy atom. The molecule has 2 aromatic rings. The smallest absolute Gasteiger partial charge is 0.274 e. The van der Waals surface area contributed by atoms with E-state index in [1.807, 2.05) is 25.1 Å². The molecule has 25 heavy (non-hydrogen) atoms. The number of carbonyl (C=O) groups excluding carboxylic acids is 1. The zero-order chi connectivity index (χ0) is 17.9. The second kappa shape index (κ2) is 8.45. The van der Waals surface area contributed by atoms with Gasteiger partial charge in [-0.1, -0.05) is 32.0 Å². The third-order valence-electron chi connectivity index (χ3n) is 4.11. The third-order valence-corrected chi connectivity index (χ3v) is 4.11. The average molecular weight is 367 g/mol. The summed E-state index contributed by atoms with van der Waals surface area (Å²) in [5, 5.41) is 8.59. The van der Waals surface area contributed by atoms with Crippen LogP contribution in [0.25, 0.3) is 10.8 Å². The average Bonchev–Trinajstić information content (AvgIpc) is 2.51. The van der Waals surface area contributed by atoms with Gasteiger partial charge in [-0.25, -0.2) is 4.68 Å². The molecular weight excluding hydrogens is 340 g/mol. The van der Waals surface area contributed by atoms with Gasteiger partial charge in [0, 0.05) is 24.5 Å². The lowest BCUT2D eigenvalue weighted by Crippen LogP contribution is -2.52. The number of hydrogen-bond acceptors (Lipinski definition) is 4. The number of carbonyl (C=O) groups is 1. The van der Waals surface area contributed by atoms with E-state index in [0.29, 0.717) is 28.9 Å². The highest BCUT2D eigenvalue weighted by Crippen LogP contribution is 2.17. The fourth-order valence-electron chi connectivity index (χ4n) is 3.13. The van der Waals surface area contributed by atoms with Crippen molar-refractivity contribution >= 4 is 29.1 Å². The van der Waals surface area contributed by atoms with Gasteiger partial charge in [0.05, 0.1) is 17.5 Å². The lowest BCUT2D eigenvalue weighted by molar-refractivity contribution is -0.122. The first-order chi connectivity index (χ1) is 11.3. The van der Waals surface area contributed by atoms with E-state index in [0.717, 1.165) is 6.42 Å². The molecule has 0 aliphatic carbocycles. The van der Waals surface area contributed by atoms with Crippen LogP contribution in [-0.4, -0.2) is 27.8 Å². The predicted octanol–water partition coefficient (Wildman–Crippen LogP) is 1.78. The number of benzene rings is 1. The van der Waals surface area contributed by atoms with Gasteiger partial charge < -0.3 is 11.1 Å². The molecule has 1 unspecified atom stereocenters. The molecule has 0 radical (unpaired) electrons. The molecular formula is C18H27ClN4O2. The summed E-state index contributed by atoms with van der Waals surface area (Å²) < 4.78 is 1.28. The first kappa shape index (κ1) is 21.1. The van der Waals surface area contributed by atoms with Gasteiger partial charge in [0.15, 0.2) is 0 Å². The van der Waals surface area contributed by atoms with Gasteiger partial charge in [0.25, 0.3) is 5.56 Å². The van der Waals surface area contributed by atoms with E-state index in [1.165, 1.54) is 4.68 Å². The van der Waals surface area contributed by atoms with Crippen molar-refractivity contribution in [1.82, 2.24) is 15.1 Å². The first-order valence-corrected chi connectivity index (χ1v) is 8.22. The van der Waals surface area contributed by atoms with Gasteiger partial charge in [-0.15, -0.1) is 12.4 Å². The second-order valence-electron chi connectivity index (χ2n) is 7.01. The molecule has 0 aliphatic heterocycles. The highest BCUT2D eigenvalue weighted by Gasteiger charge is 2.26. The molecule has 1 heterocycles. The Labute approximate surface area is 154 Å². The van der Waals surface area contributed by atoms with Crippen LogP contribution in [0.2, 0.25) is 0 Å². The van der Waals surface area contributed by atoms with Gasteiger partial charge in [0.2, 0.25) is 5.91 Å². The minimum absolute atomic E-state index is 0. The summed E-state index contributed by atoms with van der Waals surface area (Å²) in [5.74, 6) is 0.287. The Hall–Kier alpha value is -1.92. The molecule has 3 N–H and O–H groups in total. The van der Waals surface area contributed by atoms with Gasteiger partial charge in [-0.3, -0.25) is 9.59 Å². The minimum atomic E-state index is -0.443. The molecule has 1 aromatic heterocycles. The lowest BCUT2D eigenvalue weighted by Gasteiger charge is -2.31. The number of rotatable bonds is 6. The lowest BCUT2D eigenvalue weighted by atomic mass is 9.90. The molecule has 0 bridgehead atoms. The van der Waals surface area contributed by atoms with E-state index in [9.17, 15) is 9.59 Å². The summed E-state index contributed by atoms with van der Waals surface area (Å²) in [6, 6.07) is 7.22. The Morgan fingerprint density at radius 3 is 2.48 bits per heavy atom. The molecule has 0 spiro atoms. The summed E-state index contributed by atoms with van der Waals surface area (Å²) in [5.41, 5.74) is 5.84.